The molecule has 0 aromatic carbocycles. The highest BCUT2D eigenvalue weighted by atomic mass is 16.5. The number of aromatic nitrogens is 2. The van der Waals surface area contributed by atoms with Crippen molar-refractivity contribution in [1.29, 1.82) is 0 Å². The number of rotatable bonds is 65. The number of carbonyl (C=O) groups excluding carboxylic acids is 9. The van der Waals surface area contributed by atoms with E-state index >= 15 is 0 Å². The molecule has 0 radical (unpaired) electrons. The fraction of sp³-hybridized carbons (Fsp3) is 0.761. The number of nitrogens with two attached hydrogens (primary N) is 1. The minimum absolute atomic E-state index is 0.000720. The second-order valence-electron chi connectivity index (χ2n) is 25.0. The first-order valence-electron chi connectivity index (χ1n) is 34.0. The second kappa shape index (κ2) is 53.3. The fourth-order valence-corrected chi connectivity index (χ4v) is 10.3. The Hall–Kier alpha value is -6.88. The van der Waals surface area contributed by atoms with Crippen molar-refractivity contribution in [2.45, 2.75) is 244 Å². The molecule has 4 amide bonds. The van der Waals surface area contributed by atoms with E-state index in [-0.39, 0.29) is 159 Å². The Morgan fingerprint density at radius 2 is 1.01 bits per heavy atom. The zero-order valence-corrected chi connectivity index (χ0v) is 56.5. The van der Waals surface area contributed by atoms with Crippen LogP contribution in [0.2, 0.25) is 0 Å². The summed E-state index contributed by atoms with van der Waals surface area (Å²) in [6.07, 6.45) is 19.4. The number of ketones is 5. The first kappa shape index (κ1) is 86.1. The lowest BCUT2D eigenvalue weighted by Crippen LogP contribution is -2.42. The number of nitrogens with one attached hydrogen (secondary N) is 5. The Kier molecular flexibility index (Phi) is 48.3. The largest absolute Gasteiger partial charge is 0.481 e. The molecule has 0 spiro atoms. The number of carboxylic acid groups (broad SMARTS) is 4. The number of aliphatic carboxylic acids is 4. The zero-order valence-electron chi connectivity index (χ0n) is 56.5. The average molecular weight is 1350 g/mol. The van der Waals surface area contributed by atoms with Crippen LogP contribution in [-0.2, 0) is 87.7 Å². The first-order valence-corrected chi connectivity index (χ1v) is 34.0. The zero-order chi connectivity index (χ0) is 70.7. The quantitative estimate of drug-likeness (QED) is 0.0329. The van der Waals surface area contributed by atoms with E-state index in [0.717, 1.165) is 51.4 Å². The lowest BCUT2D eigenvalue weighted by Gasteiger charge is -2.25. The Morgan fingerprint density at radius 1 is 0.495 bits per heavy atom. The van der Waals surface area contributed by atoms with Crippen molar-refractivity contribution in [2.24, 2.45) is 23.0 Å². The third-order valence-electron chi connectivity index (χ3n) is 16.2. The average Bonchev–Trinajstić information content (AvgIpc) is 2.26. The molecule has 11 N–H and O–H groups in total. The standard InChI is InChI=1S/C67H111N7O21/c1-48(75)49(25-30-58(79)67(2,3)43-57(78)54(68)42-51-44-69-47-72-51)21-18-19-33-70-59(80)32-29-56(66(90)91)74-61(82)31-26-50(64(86)87)41-53(77)45-94-39-38-93-36-34-71-62(83)46-95-40-37-92-35-20-22-52(76)27-28-55(65(88)89)73-60(81)23-16-14-12-10-8-6-4-5-7-9-11-13-15-17-24-63(84)85/h44,47,49-50,54-56H,4-43,45-46,68H2,1-3H3,(H,69,72)(H,70,80)(H,71,83)(H,73,81)(H,74,82)(H,84,85)(H,86,87)(H,88,89)(H,90,91)/t49-,50-,54+,55+,56+/m1/s1. The maximum absolute atomic E-state index is 13.1. The molecule has 0 unspecified atom stereocenters. The van der Waals surface area contributed by atoms with Crippen molar-refractivity contribution < 1.29 is 102 Å². The summed E-state index contributed by atoms with van der Waals surface area (Å²) in [4.78, 5) is 166. The fourth-order valence-electron chi connectivity index (χ4n) is 10.3. The summed E-state index contributed by atoms with van der Waals surface area (Å²) in [5.41, 5.74) is 5.81. The summed E-state index contributed by atoms with van der Waals surface area (Å²) in [7, 11) is 0. The van der Waals surface area contributed by atoms with Gasteiger partial charge in [0.25, 0.3) is 0 Å². The Labute approximate surface area is 558 Å². The van der Waals surface area contributed by atoms with E-state index in [4.69, 9.17) is 29.8 Å². The Bertz CT molecular complexity index is 2460. The van der Waals surface area contributed by atoms with Crippen LogP contribution in [0.5, 0.6) is 0 Å². The monoisotopic (exact) mass is 1350 g/mol. The van der Waals surface area contributed by atoms with Gasteiger partial charge < -0.3 is 71.4 Å². The smallest absolute Gasteiger partial charge is 0.326 e. The van der Waals surface area contributed by atoms with Gasteiger partial charge in [-0.25, -0.2) is 14.6 Å². The van der Waals surface area contributed by atoms with Crippen LogP contribution >= 0.6 is 0 Å². The van der Waals surface area contributed by atoms with Gasteiger partial charge in [0, 0.05) is 107 Å². The van der Waals surface area contributed by atoms with Crippen molar-refractivity contribution in [2.75, 3.05) is 65.9 Å². The summed E-state index contributed by atoms with van der Waals surface area (Å²) in [6.45, 7) is 5.20. The molecule has 1 aromatic rings. The minimum Gasteiger partial charge on any atom is -0.481 e. The van der Waals surface area contributed by atoms with Crippen LogP contribution in [0.1, 0.15) is 226 Å². The Morgan fingerprint density at radius 3 is 1.57 bits per heavy atom. The van der Waals surface area contributed by atoms with Crippen molar-refractivity contribution in [3.63, 3.8) is 0 Å². The molecule has 0 aliphatic rings. The maximum Gasteiger partial charge on any atom is 0.326 e. The number of hydrogen-bond donors (Lipinski definition) is 10. The predicted molar refractivity (Wildman–Crippen MR) is 349 cm³/mol. The molecule has 0 saturated heterocycles. The summed E-state index contributed by atoms with van der Waals surface area (Å²) >= 11 is 0. The van der Waals surface area contributed by atoms with Crippen molar-refractivity contribution in [3.8, 4) is 0 Å². The molecule has 95 heavy (non-hydrogen) atoms. The summed E-state index contributed by atoms with van der Waals surface area (Å²) in [5.74, 6) is -9.53. The molecular formula is C67H111N7O21. The van der Waals surface area contributed by atoms with Crippen LogP contribution < -0.4 is 27.0 Å². The third-order valence-corrected chi connectivity index (χ3v) is 16.2. The number of unbranched alkanes of at least 4 members (excludes halogenated alkanes) is 14. The van der Waals surface area contributed by atoms with E-state index in [2.05, 4.69) is 31.2 Å². The van der Waals surface area contributed by atoms with Gasteiger partial charge in [-0.15, -0.1) is 0 Å². The summed E-state index contributed by atoms with van der Waals surface area (Å²) in [5, 5.41) is 47.8. The number of Topliss-reactive ketones (excluding diaryl/α,β-unsaturated/α-hetero) is 5. The molecule has 1 aromatic heterocycles. The molecular weight excluding hydrogens is 1240 g/mol. The number of ether oxygens (including phenoxy) is 4. The number of carboxylic acids is 4. The predicted octanol–water partition coefficient (Wildman–Crippen LogP) is 6.10. The molecule has 540 valence electrons. The molecule has 1 rings (SSSR count). The molecule has 5 atom stereocenters. The number of amides is 4. The van der Waals surface area contributed by atoms with Gasteiger partial charge >= 0.3 is 23.9 Å². The first-order chi connectivity index (χ1) is 45.3. The highest BCUT2D eigenvalue weighted by Gasteiger charge is 2.33. The lowest BCUT2D eigenvalue weighted by molar-refractivity contribution is -0.145. The maximum atomic E-state index is 13.1. The number of hydrogen-bond acceptors (Lipinski definition) is 19. The molecule has 0 fully saturated rings. The number of nitrogens with zero attached hydrogens (tertiary/aromatic N) is 1. The number of imidazole rings is 1. The SMILES string of the molecule is CC(=O)[C@H](CCCCNC(=O)CC[C@H](NC(=O)CC[C@H](CC(=O)COCCOCCNC(=O)COCCOCCCC(=O)CC[C@H](NC(=O)CCCCCCCCCCCCCCCCC(=O)O)C(=O)O)C(=O)O)C(=O)O)CCC(=O)C(C)(C)CC(=O)[C@@H](N)Cc1cnc[nH]1. The van der Waals surface area contributed by atoms with Crippen LogP contribution in [0, 0.1) is 17.3 Å². The van der Waals surface area contributed by atoms with Crippen LogP contribution in [0.4, 0.5) is 0 Å². The summed E-state index contributed by atoms with van der Waals surface area (Å²) < 4.78 is 21.5. The van der Waals surface area contributed by atoms with Crippen molar-refractivity contribution >= 4 is 76.4 Å². The lowest BCUT2D eigenvalue weighted by atomic mass is 9.78. The number of carbonyl (C=O) groups is 13. The van der Waals surface area contributed by atoms with E-state index in [1.54, 1.807) is 20.0 Å². The van der Waals surface area contributed by atoms with Crippen LogP contribution in [0.25, 0.3) is 0 Å². The van der Waals surface area contributed by atoms with E-state index in [0.29, 0.717) is 44.2 Å². The topological polar surface area (TPSA) is 443 Å². The van der Waals surface area contributed by atoms with Crippen molar-refractivity contribution in [1.82, 2.24) is 31.2 Å². The second-order valence-corrected chi connectivity index (χ2v) is 25.0. The van der Waals surface area contributed by atoms with Gasteiger partial charge in [0.2, 0.25) is 23.6 Å². The molecule has 0 aliphatic heterocycles. The van der Waals surface area contributed by atoms with Crippen LogP contribution in [0.15, 0.2) is 12.5 Å². The minimum atomic E-state index is -1.45. The van der Waals surface area contributed by atoms with Gasteiger partial charge in [-0.2, -0.15) is 0 Å². The van der Waals surface area contributed by atoms with Crippen LogP contribution in [0.3, 0.4) is 0 Å². The van der Waals surface area contributed by atoms with Crippen LogP contribution in [-0.4, -0.2) is 191 Å². The Balaban J connectivity index is 2.13. The van der Waals surface area contributed by atoms with E-state index in [1.807, 2.05) is 0 Å². The molecule has 0 aliphatic carbocycles. The van der Waals surface area contributed by atoms with Gasteiger partial charge in [0.05, 0.1) is 51.3 Å². The molecule has 0 saturated carbocycles. The number of aromatic amines is 1. The van der Waals surface area contributed by atoms with Crippen molar-refractivity contribution in [3.05, 3.63) is 18.2 Å². The molecule has 28 heteroatoms. The molecule has 1 heterocycles. The van der Waals surface area contributed by atoms with E-state index in [9.17, 15) is 77.6 Å². The third kappa shape index (κ3) is 46.8. The highest BCUT2D eigenvalue weighted by Crippen LogP contribution is 2.28. The van der Waals surface area contributed by atoms with E-state index < -0.39 is 102 Å². The van der Waals surface area contributed by atoms with Gasteiger partial charge in [-0.05, 0) is 64.7 Å². The summed E-state index contributed by atoms with van der Waals surface area (Å²) in [6, 6.07) is -3.39. The number of H-pyrrole nitrogens is 1. The van der Waals surface area contributed by atoms with Gasteiger partial charge in [-0.1, -0.05) is 97.3 Å². The molecule has 0 bridgehead atoms. The van der Waals surface area contributed by atoms with Gasteiger partial charge in [-0.3, -0.25) is 52.7 Å². The normalized spacial score (nSPS) is 13.0. The van der Waals surface area contributed by atoms with Gasteiger partial charge in [0.1, 0.15) is 42.6 Å². The van der Waals surface area contributed by atoms with E-state index in [1.165, 1.54) is 45.4 Å². The molecule has 28 nitrogen and oxygen atoms in total. The highest BCUT2D eigenvalue weighted by molar-refractivity contribution is 5.93. The van der Waals surface area contributed by atoms with Gasteiger partial charge in [0.15, 0.2) is 11.6 Å².